The molecule has 3 nitrogen and oxygen atoms in total. The Balaban J connectivity index is 2.24. The van der Waals surface area contributed by atoms with Gasteiger partial charge in [0.05, 0.1) is 10.6 Å². The molecule has 18 heavy (non-hydrogen) atoms. The third-order valence-electron chi connectivity index (χ3n) is 3.62. The number of nitrogens with zero attached hydrogens (tertiary/aromatic N) is 2. The van der Waals surface area contributed by atoms with E-state index in [0.717, 1.165) is 41.4 Å². The van der Waals surface area contributed by atoms with Crippen molar-refractivity contribution in [3.05, 3.63) is 10.6 Å². The molecule has 1 aromatic rings. The maximum Gasteiger partial charge on any atom is 0.186 e. The first-order valence-corrected chi connectivity index (χ1v) is 7.70. The Hall–Kier alpha value is -0.900. The monoisotopic (exact) mass is 266 g/mol. The van der Waals surface area contributed by atoms with Gasteiger partial charge in [0.2, 0.25) is 0 Å². The molecule has 1 aliphatic rings. The van der Waals surface area contributed by atoms with E-state index in [1.807, 2.05) is 0 Å². The van der Waals surface area contributed by atoms with Crippen LogP contribution in [0, 0.1) is 5.92 Å². The Morgan fingerprint density at radius 1 is 1.56 bits per heavy atom. The second-order valence-corrected chi connectivity index (χ2v) is 6.33. The molecule has 4 heteroatoms. The van der Waals surface area contributed by atoms with Gasteiger partial charge in [-0.3, -0.25) is 4.79 Å². The van der Waals surface area contributed by atoms with Gasteiger partial charge >= 0.3 is 0 Å². The number of hydrogen-bond donors (Lipinski definition) is 0. The van der Waals surface area contributed by atoms with Gasteiger partial charge in [-0.25, -0.2) is 4.98 Å². The zero-order valence-corrected chi connectivity index (χ0v) is 12.3. The number of thiazole rings is 1. The van der Waals surface area contributed by atoms with Crippen molar-refractivity contribution in [3.8, 4) is 0 Å². The fourth-order valence-electron chi connectivity index (χ4n) is 2.70. The molecule has 1 aliphatic heterocycles. The van der Waals surface area contributed by atoms with Gasteiger partial charge in [0, 0.05) is 12.6 Å². The van der Waals surface area contributed by atoms with E-state index >= 15 is 0 Å². The van der Waals surface area contributed by atoms with Crippen LogP contribution >= 0.6 is 11.3 Å². The molecule has 1 fully saturated rings. The zero-order valence-electron chi connectivity index (χ0n) is 11.5. The Morgan fingerprint density at radius 2 is 2.33 bits per heavy atom. The average molecular weight is 266 g/mol. The fourth-order valence-corrected chi connectivity index (χ4v) is 3.71. The quantitative estimate of drug-likeness (QED) is 0.764. The van der Waals surface area contributed by atoms with E-state index in [1.165, 1.54) is 12.8 Å². The number of carbonyl (C=O) groups is 1. The molecule has 1 saturated heterocycles. The van der Waals surface area contributed by atoms with Crippen LogP contribution in [0.4, 0.5) is 5.13 Å². The van der Waals surface area contributed by atoms with Gasteiger partial charge in [-0.15, -0.1) is 0 Å². The largest absolute Gasteiger partial charge is 0.345 e. The van der Waals surface area contributed by atoms with Gasteiger partial charge in [0.25, 0.3) is 0 Å². The Labute approximate surface area is 113 Å². The van der Waals surface area contributed by atoms with Gasteiger partial charge in [-0.2, -0.15) is 0 Å². The number of carbonyl (C=O) groups excluding carboxylic acids is 1. The van der Waals surface area contributed by atoms with Crippen LogP contribution in [0.3, 0.4) is 0 Å². The molecule has 1 atom stereocenters. The van der Waals surface area contributed by atoms with Crippen LogP contribution in [-0.4, -0.2) is 23.9 Å². The summed E-state index contributed by atoms with van der Waals surface area (Å²) in [4.78, 5) is 19.0. The lowest BCUT2D eigenvalue weighted by atomic mass is 10.0. The van der Waals surface area contributed by atoms with Crippen LogP contribution in [-0.2, 0) is 6.42 Å². The van der Waals surface area contributed by atoms with Crippen molar-refractivity contribution < 1.29 is 4.79 Å². The summed E-state index contributed by atoms with van der Waals surface area (Å²) >= 11 is 1.56. The number of hydrogen-bond acceptors (Lipinski definition) is 4. The summed E-state index contributed by atoms with van der Waals surface area (Å²) in [5, 5.41) is 1.05. The van der Waals surface area contributed by atoms with Crippen LogP contribution in [0.15, 0.2) is 0 Å². The number of aryl methyl sites for hydroxylation is 1. The van der Waals surface area contributed by atoms with E-state index in [0.29, 0.717) is 12.0 Å². The highest BCUT2D eigenvalue weighted by atomic mass is 32.1. The lowest BCUT2D eigenvalue weighted by molar-refractivity contribution is 0.112. The maximum absolute atomic E-state index is 11.1. The summed E-state index contributed by atoms with van der Waals surface area (Å²) < 4.78 is 0. The summed E-state index contributed by atoms with van der Waals surface area (Å²) in [6.45, 7) is 7.75. The molecule has 0 N–H and O–H groups in total. The Bertz CT molecular complexity index is 414. The zero-order chi connectivity index (χ0) is 13.1. The first kappa shape index (κ1) is 13.5. The number of aldehydes is 1. The van der Waals surface area contributed by atoms with E-state index in [-0.39, 0.29) is 0 Å². The van der Waals surface area contributed by atoms with Crippen molar-refractivity contribution in [1.29, 1.82) is 0 Å². The second kappa shape index (κ2) is 5.83. The summed E-state index contributed by atoms with van der Waals surface area (Å²) in [5.74, 6) is 0.644. The lowest BCUT2D eigenvalue weighted by Crippen LogP contribution is -2.33. The van der Waals surface area contributed by atoms with Gasteiger partial charge < -0.3 is 4.90 Å². The molecule has 0 bridgehead atoms. The molecule has 2 heterocycles. The van der Waals surface area contributed by atoms with E-state index < -0.39 is 0 Å². The van der Waals surface area contributed by atoms with Gasteiger partial charge in [0.1, 0.15) is 0 Å². The summed E-state index contributed by atoms with van der Waals surface area (Å²) in [7, 11) is 0. The molecule has 100 valence electrons. The minimum atomic E-state index is 0.588. The van der Waals surface area contributed by atoms with Crippen LogP contribution in [0.2, 0.25) is 0 Å². The van der Waals surface area contributed by atoms with Crippen molar-refractivity contribution in [2.45, 2.75) is 52.5 Å². The fraction of sp³-hybridized carbons (Fsp3) is 0.714. The maximum atomic E-state index is 11.1. The van der Waals surface area contributed by atoms with Crippen LogP contribution in [0.5, 0.6) is 0 Å². The molecule has 2 rings (SSSR count). The van der Waals surface area contributed by atoms with Crippen molar-refractivity contribution >= 4 is 22.8 Å². The van der Waals surface area contributed by atoms with Gasteiger partial charge in [0.15, 0.2) is 11.4 Å². The van der Waals surface area contributed by atoms with Crippen molar-refractivity contribution in [2.24, 2.45) is 5.92 Å². The standard InChI is InChI=1S/C14H22N2OS/c1-4-6-11-13(9-17)18-14(15-11)16-8-5-7-12(16)10(2)3/h9-10,12H,4-8H2,1-3H3. The second-order valence-electron chi connectivity index (χ2n) is 5.32. The molecule has 0 amide bonds. The average Bonchev–Trinajstić information content (AvgIpc) is 2.94. The predicted molar refractivity (Wildman–Crippen MR) is 76.7 cm³/mol. The van der Waals surface area contributed by atoms with E-state index in [2.05, 4.69) is 25.7 Å². The Morgan fingerprint density at radius 3 is 2.94 bits per heavy atom. The molecule has 0 saturated carbocycles. The van der Waals surface area contributed by atoms with Gasteiger partial charge in [-0.1, -0.05) is 38.5 Å². The van der Waals surface area contributed by atoms with Crippen LogP contribution < -0.4 is 4.90 Å². The number of anilines is 1. The molecule has 0 radical (unpaired) electrons. The van der Waals surface area contributed by atoms with Crippen LogP contribution in [0.25, 0.3) is 0 Å². The summed E-state index contributed by atoms with van der Waals surface area (Å²) in [6.07, 6.45) is 5.40. The minimum absolute atomic E-state index is 0.588. The first-order chi connectivity index (χ1) is 8.67. The minimum Gasteiger partial charge on any atom is -0.345 e. The first-order valence-electron chi connectivity index (χ1n) is 6.88. The van der Waals surface area contributed by atoms with Crippen molar-refractivity contribution in [2.75, 3.05) is 11.4 Å². The topological polar surface area (TPSA) is 33.2 Å². The molecule has 1 aromatic heterocycles. The highest BCUT2D eigenvalue weighted by Crippen LogP contribution is 2.34. The van der Waals surface area contributed by atoms with Crippen LogP contribution in [0.1, 0.15) is 55.4 Å². The number of aromatic nitrogens is 1. The molecule has 1 unspecified atom stereocenters. The van der Waals surface area contributed by atoms with Gasteiger partial charge in [-0.05, 0) is 25.2 Å². The molecular formula is C14H22N2OS. The SMILES string of the molecule is CCCc1nc(N2CCCC2C(C)C)sc1C=O. The smallest absolute Gasteiger partial charge is 0.186 e. The Kier molecular flexibility index (Phi) is 4.38. The normalized spacial score (nSPS) is 19.8. The lowest BCUT2D eigenvalue weighted by Gasteiger charge is -2.27. The van der Waals surface area contributed by atoms with E-state index in [4.69, 9.17) is 4.98 Å². The summed E-state index contributed by atoms with van der Waals surface area (Å²) in [6, 6.07) is 0.588. The highest BCUT2D eigenvalue weighted by molar-refractivity contribution is 7.17. The molecule has 0 aliphatic carbocycles. The van der Waals surface area contributed by atoms with E-state index in [1.54, 1.807) is 11.3 Å². The number of rotatable bonds is 5. The van der Waals surface area contributed by atoms with Crippen molar-refractivity contribution in [3.63, 3.8) is 0 Å². The molecule has 0 spiro atoms. The third-order valence-corrected chi connectivity index (χ3v) is 4.68. The van der Waals surface area contributed by atoms with Crippen molar-refractivity contribution in [1.82, 2.24) is 4.98 Å². The summed E-state index contributed by atoms with van der Waals surface area (Å²) in [5.41, 5.74) is 0.988. The third kappa shape index (κ3) is 2.58. The molecule has 0 aromatic carbocycles. The highest BCUT2D eigenvalue weighted by Gasteiger charge is 2.29. The van der Waals surface area contributed by atoms with E-state index in [9.17, 15) is 4.79 Å². The predicted octanol–water partition coefficient (Wildman–Crippen LogP) is 3.53. The molecular weight excluding hydrogens is 244 g/mol.